The van der Waals surface area contributed by atoms with E-state index >= 15 is 0 Å². The van der Waals surface area contributed by atoms with E-state index in [1.807, 2.05) is 0 Å². The van der Waals surface area contributed by atoms with Crippen molar-refractivity contribution in [1.82, 2.24) is 0 Å². The topological polar surface area (TPSA) is 495 Å². The highest BCUT2D eigenvalue weighted by Gasteiger charge is 2.16. The van der Waals surface area contributed by atoms with Gasteiger partial charge in [-0.15, -0.1) is 0 Å². The molecule has 0 radical (unpaired) electrons. The summed E-state index contributed by atoms with van der Waals surface area (Å²) in [6, 6.07) is -5.36. The quantitative estimate of drug-likeness (QED) is 0.0867. The molecule has 24 nitrogen and oxygen atoms in total. The molecular weight excluding hydrogens is 624 g/mol. The lowest BCUT2D eigenvalue weighted by molar-refractivity contribution is -0.144. The van der Waals surface area contributed by atoms with E-state index in [9.17, 15) is 38.4 Å². The van der Waals surface area contributed by atoms with Gasteiger partial charge >= 0.3 is 47.8 Å². The molecule has 0 heterocycles. The first kappa shape index (κ1) is 53.0. The van der Waals surface area contributed by atoms with Crippen LogP contribution in [0.4, 0.5) is 0 Å². The van der Waals surface area contributed by atoms with E-state index in [2.05, 4.69) is 5.73 Å². The van der Waals surface area contributed by atoms with Crippen molar-refractivity contribution in [1.29, 1.82) is 0 Å². The van der Waals surface area contributed by atoms with E-state index in [0.29, 0.717) is 0 Å². The number of nitrogens with two attached hydrogens (primary N) is 6. The molecule has 0 aliphatic rings. The van der Waals surface area contributed by atoms with Crippen LogP contribution in [0.2, 0.25) is 0 Å². The van der Waals surface area contributed by atoms with E-state index in [1.54, 1.807) is 0 Å². The minimum atomic E-state index is -1.29. The third kappa shape index (κ3) is 52.5. The Kier molecular flexibility index (Phi) is 38.1. The molecule has 0 aliphatic heterocycles. The number of hydrogen-bond donors (Lipinski definition) is 16. The molecule has 24 heteroatoms. The van der Waals surface area contributed by atoms with Crippen LogP contribution in [0.15, 0.2) is 0 Å². The van der Waals surface area contributed by atoms with Crippen LogP contribution in [0.5, 0.6) is 0 Å². The largest absolute Gasteiger partial charge is 0.481 e. The summed E-state index contributed by atoms with van der Waals surface area (Å²) < 4.78 is 0. The Bertz CT molecular complexity index is 902. The maximum atomic E-state index is 9.99. The van der Waals surface area contributed by atoms with Crippen LogP contribution >= 0.6 is 0 Å². The molecule has 0 saturated carbocycles. The molecule has 6 atom stereocenters. The van der Waals surface area contributed by atoms with Gasteiger partial charge in [0, 0.05) is 6.42 Å². The van der Waals surface area contributed by atoms with E-state index in [0.717, 1.165) is 0 Å². The average Bonchev–Trinajstić information content (AvgIpc) is 2.91. The first-order valence-corrected chi connectivity index (χ1v) is 11.8. The summed E-state index contributed by atoms with van der Waals surface area (Å²) in [4.78, 5) is 77.8. The maximum absolute atomic E-state index is 9.99. The van der Waals surface area contributed by atoms with Gasteiger partial charge in [0.25, 0.3) is 0 Å². The normalized spacial score (nSPS) is 13.1. The predicted molar refractivity (Wildman–Crippen MR) is 148 cm³/mol. The lowest BCUT2D eigenvalue weighted by atomic mass is 10.2. The molecule has 0 rings (SSSR count). The Labute approximate surface area is 254 Å². The molecule has 45 heavy (non-hydrogen) atoms. The molecule has 0 aromatic heterocycles. The molecule has 0 bridgehead atoms. The van der Waals surface area contributed by atoms with Gasteiger partial charge in [-0.05, 0) is 20.3 Å². The van der Waals surface area contributed by atoms with Crippen LogP contribution in [0.25, 0.3) is 0 Å². The molecule has 0 saturated heterocycles. The fourth-order valence-corrected chi connectivity index (χ4v) is 0.962. The SMILES string of the molecule is CC(N)C(=O)O.CC(O)C(N)C(=O)O.NC(CC(=O)O)C(=O)O.NC(CCC(=O)O)C(=O)O.NC(CO)C(=O)O.NCC(=O)O. The van der Waals surface area contributed by atoms with Gasteiger partial charge in [0.2, 0.25) is 0 Å². The van der Waals surface area contributed by atoms with Crippen molar-refractivity contribution < 1.29 is 89.4 Å². The van der Waals surface area contributed by atoms with Gasteiger partial charge < -0.3 is 85.5 Å². The average molecular weight is 669 g/mol. The number of rotatable bonds is 13. The summed E-state index contributed by atoms with van der Waals surface area (Å²) in [6.45, 7) is 1.97. The Balaban J connectivity index is -0.000000103. The van der Waals surface area contributed by atoms with Crippen molar-refractivity contribution in [2.45, 2.75) is 69.4 Å². The van der Waals surface area contributed by atoms with Gasteiger partial charge in [0.15, 0.2) is 0 Å². The summed E-state index contributed by atoms with van der Waals surface area (Å²) >= 11 is 0. The first-order valence-electron chi connectivity index (χ1n) is 11.8. The molecule has 0 aromatic carbocycles. The highest BCUT2D eigenvalue weighted by Crippen LogP contribution is 1.93. The lowest BCUT2D eigenvalue weighted by Gasteiger charge is -2.06. The molecule has 0 aromatic rings. The fraction of sp³-hybridized carbons (Fsp3) is 0.619. The van der Waals surface area contributed by atoms with Crippen molar-refractivity contribution >= 4 is 47.8 Å². The molecule has 0 spiro atoms. The second kappa shape index (κ2) is 32.4. The summed E-state index contributed by atoms with van der Waals surface area (Å²) in [5, 5.41) is 80.2. The number of carboxylic acids is 8. The van der Waals surface area contributed by atoms with Crippen molar-refractivity contribution in [2.24, 2.45) is 34.4 Å². The van der Waals surface area contributed by atoms with E-state index in [1.165, 1.54) is 13.8 Å². The smallest absolute Gasteiger partial charge is 0.323 e. The van der Waals surface area contributed by atoms with Crippen LogP contribution in [-0.2, 0) is 38.4 Å². The zero-order chi connectivity index (χ0) is 37.6. The van der Waals surface area contributed by atoms with Gasteiger partial charge in [-0.2, -0.15) is 0 Å². The van der Waals surface area contributed by atoms with E-state index in [-0.39, 0.29) is 19.4 Å². The molecular formula is C21H44N6O18. The zero-order valence-corrected chi connectivity index (χ0v) is 24.2. The van der Waals surface area contributed by atoms with Crippen LogP contribution in [0, 0.1) is 0 Å². The first-order chi connectivity index (χ1) is 20.2. The number of aliphatic carboxylic acids is 8. The summed E-state index contributed by atoms with van der Waals surface area (Å²) in [7, 11) is 0. The minimum Gasteiger partial charge on any atom is -0.481 e. The van der Waals surface area contributed by atoms with Gasteiger partial charge in [0.05, 0.1) is 25.7 Å². The van der Waals surface area contributed by atoms with Gasteiger partial charge in [-0.25, -0.2) is 0 Å². The lowest BCUT2D eigenvalue weighted by Crippen LogP contribution is -2.39. The Morgan fingerprint density at radius 2 is 0.889 bits per heavy atom. The van der Waals surface area contributed by atoms with Crippen LogP contribution < -0.4 is 34.4 Å². The highest BCUT2D eigenvalue weighted by atomic mass is 16.4. The van der Waals surface area contributed by atoms with Crippen LogP contribution in [0.1, 0.15) is 33.1 Å². The van der Waals surface area contributed by atoms with Gasteiger partial charge in [0.1, 0.15) is 30.2 Å². The highest BCUT2D eigenvalue weighted by molar-refractivity contribution is 5.80. The Hall–Kier alpha value is -4.56. The third-order valence-corrected chi connectivity index (χ3v) is 3.58. The summed E-state index contributed by atoms with van der Waals surface area (Å²) in [5.41, 5.74) is 28.9. The monoisotopic (exact) mass is 668 g/mol. The zero-order valence-electron chi connectivity index (χ0n) is 24.2. The van der Waals surface area contributed by atoms with E-state index < -0.39 is 97.1 Å². The summed E-state index contributed by atoms with van der Waals surface area (Å²) in [5.74, 6) is -8.98. The Morgan fingerprint density at radius 3 is 0.978 bits per heavy atom. The Morgan fingerprint density at radius 1 is 0.556 bits per heavy atom. The van der Waals surface area contributed by atoms with Gasteiger partial charge in [-0.3, -0.25) is 38.4 Å². The number of aliphatic hydroxyl groups excluding tert-OH is 2. The minimum absolute atomic E-state index is 0.0231. The molecule has 0 amide bonds. The van der Waals surface area contributed by atoms with Crippen molar-refractivity contribution in [3.63, 3.8) is 0 Å². The van der Waals surface area contributed by atoms with Crippen molar-refractivity contribution in [3.8, 4) is 0 Å². The number of carbonyl (C=O) groups is 8. The maximum Gasteiger partial charge on any atom is 0.323 e. The molecule has 22 N–H and O–H groups in total. The molecule has 6 unspecified atom stereocenters. The second-order valence-corrected chi connectivity index (χ2v) is 7.88. The van der Waals surface area contributed by atoms with Gasteiger partial charge in [-0.1, -0.05) is 0 Å². The van der Waals surface area contributed by atoms with Crippen LogP contribution in [-0.4, -0.2) is 148 Å². The number of aliphatic hydroxyl groups is 2. The van der Waals surface area contributed by atoms with Crippen molar-refractivity contribution in [2.75, 3.05) is 13.2 Å². The number of carboxylic acid groups (broad SMARTS) is 8. The molecule has 266 valence electrons. The third-order valence-electron chi connectivity index (χ3n) is 3.58. The van der Waals surface area contributed by atoms with Crippen LogP contribution in [0.3, 0.4) is 0 Å². The van der Waals surface area contributed by atoms with Crippen molar-refractivity contribution in [3.05, 3.63) is 0 Å². The molecule has 0 fully saturated rings. The number of hydrogen-bond acceptors (Lipinski definition) is 16. The molecule has 0 aliphatic carbocycles. The predicted octanol–water partition coefficient (Wildman–Crippen LogP) is -6.25. The second-order valence-electron chi connectivity index (χ2n) is 7.88. The summed E-state index contributed by atoms with van der Waals surface area (Å²) in [6.07, 6.45) is -1.74. The standard InChI is InChI=1S/C5H9NO4.C4H7NO4.C4H9NO3.C3H7NO3.C3H7NO2.C2H5NO2/c6-3(5(9)10)1-2-4(7)8;5-2(4(8)9)1-3(6)7;1-2(6)3(5)4(7)8;4-2(1-5)3(6)7;1-2(4)3(5)6;3-1-2(4)5/h3H,1-2,6H2,(H,7,8)(H,9,10);2H,1,5H2,(H,6,7)(H,8,9);2-3,6H,5H2,1H3,(H,7,8);2,5H,1,4H2,(H,6,7);2H,4H2,1H3,(H,5,6);1,3H2,(H,4,5). The fourth-order valence-electron chi connectivity index (χ4n) is 0.962. The van der Waals surface area contributed by atoms with E-state index in [4.69, 9.17) is 79.7 Å².